The van der Waals surface area contributed by atoms with Crippen molar-refractivity contribution in [2.75, 3.05) is 19.7 Å². The molecule has 23 heavy (non-hydrogen) atoms. The zero-order valence-corrected chi connectivity index (χ0v) is 13.0. The van der Waals surface area contributed by atoms with Crippen molar-refractivity contribution < 1.29 is 19.1 Å². The molecule has 1 atom stereocenters. The summed E-state index contributed by atoms with van der Waals surface area (Å²) in [7, 11) is 0. The van der Waals surface area contributed by atoms with Crippen LogP contribution >= 0.6 is 0 Å². The van der Waals surface area contributed by atoms with E-state index in [-0.39, 0.29) is 29.9 Å². The van der Waals surface area contributed by atoms with Gasteiger partial charge >= 0.3 is 0 Å². The standard InChI is InChI=1S/C15H22N4O4/c20-13-4-3-11(17-18-13)14(21)16-10-5-7-19(8-6-10)15(22)12-2-1-9-23-12/h10,12H,1-9H2,(H,16,21)(H,18,20). The number of hydrogen-bond acceptors (Lipinski definition) is 5. The van der Waals surface area contributed by atoms with Gasteiger partial charge in [-0.2, -0.15) is 5.10 Å². The van der Waals surface area contributed by atoms with Crippen LogP contribution in [-0.2, 0) is 19.1 Å². The summed E-state index contributed by atoms with van der Waals surface area (Å²) in [4.78, 5) is 37.2. The summed E-state index contributed by atoms with van der Waals surface area (Å²) in [5.74, 6) is -0.317. The molecule has 0 aliphatic carbocycles. The second-order valence-electron chi connectivity index (χ2n) is 6.17. The first kappa shape index (κ1) is 15.9. The quantitative estimate of drug-likeness (QED) is 0.734. The molecule has 0 bridgehead atoms. The van der Waals surface area contributed by atoms with Gasteiger partial charge in [0, 0.05) is 38.6 Å². The predicted octanol–water partition coefficient (Wildman–Crippen LogP) is -0.461. The van der Waals surface area contributed by atoms with Crippen LogP contribution in [0.5, 0.6) is 0 Å². The monoisotopic (exact) mass is 322 g/mol. The lowest BCUT2D eigenvalue weighted by Crippen LogP contribution is -2.50. The van der Waals surface area contributed by atoms with Crippen LogP contribution in [0.1, 0.15) is 38.5 Å². The SMILES string of the molecule is O=C1CCC(C(=O)NC2CCN(C(=O)C3CCCO3)CC2)=NN1. The summed E-state index contributed by atoms with van der Waals surface area (Å²) in [6.07, 6.45) is 3.59. The highest BCUT2D eigenvalue weighted by Gasteiger charge is 2.31. The van der Waals surface area contributed by atoms with E-state index in [0.29, 0.717) is 38.2 Å². The molecule has 8 nitrogen and oxygen atoms in total. The average Bonchev–Trinajstić information content (AvgIpc) is 3.10. The molecule has 2 fully saturated rings. The number of carbonyl (C=O) groups is 3. The number of amides is 3. The number of ether oxygens (including phenoxy) is 1. The molecule has 3 heterocycles. The first-order valence-electron chi connectivity index (χ1n) is 8.20. The van der Waals surface area contributed by atoms with Gasteiger partial charge in [-0.1, -0.05) is 0 Å². The minimum atomic E-state index is -0.277. The summed E-state index contributed by atoms with van der Waals surface area (Å²) < 4.78 is 5.44. The normalized spacial score (nSPS) is 25.7. The fraction of sp³-hybridized carbons (Fsp3) is 0.733. The van der Waals surface area contributed by atoms with Gasteiger partial charge in [0.2, 0.25) is 5.91 Å². The molecule has 0 aromatic carbocycles. The van der Waals surface area contributed by atoms with Gasteiger partial charge in [-0.3, -0.25) is 14.4 Å². The minimum Gasteiger partial charge on any atom is -0.368 e. The maximum Gasteiger partial charge on any atom is 0.267 e. The molecule has 8 heteroatoms. The van der Waals surface area contributed by atoms with E-state index in [2.05, 4.69) is 15.8 Å². The van der Waals surface area contributed by atoms with E-state index in [1.165, 1.54) is 0 Å². The number of nitrogens with zero attached hydrogens (tertiary/aromatic N) is 2. The van der Waals surface area contributed by atoms with Gasteiger partial charge in [0.25, 0.3) is 11.8 Å². The Labute approximate surface area is 134 Å². The highest BCUT2D eigenvalue weighted by atomic mass is 16.5. The topological polar surface area (TPSA) is 100 Å². The maximum atomic E-state index is 12.3. The van der Waals surface area contributed by atoms with Crippen molar-refractivity contribution in [2.24, 2.45) is 5.10 Å². The van der Waals surface area contributed by atoms with Crippen LogP contribution in [0.2, 0.25) is 0 Å². The summed E-state index contributed by atoms with van der Waals surface area (Å²) in [5.41, 5.74) is 2.69. The number of carbonyl (C=O) groups excluding carboxylic acids is 3. The van der Waals surface area contributed by atoms with Crippen LogP contribution in [-0.4, -0.2) is 60.2 Å². The van der Waals surface area contributed by atoms with Gasteiger partial charge in [-0.05, 0) is 25.7 Å². The van der Waals surface area contributed by atoms with E-state index in [4.69, 9.17) is 4.74 Å². The van der Waals surface area contributed by atoms with Crippen LogP contribution in [0.15, 0.2) is 5.10 Å². The molecule has 2 saturated heterocycles. The van der Waals surface area contributed by atoms with Crippen LogP contribution in [0.4, 0.5) is 0 Å². The van der Waals surface area contributed by atoms with Crippen LogP contribution < -0.4 is 10.7 Å². The van der Waals surface area contributed by atoms with Crippen molar-refractivity contribution >= 4 is 23.4 Å². The molecular weight excluding hydrogens is 300 g/mol. The molecule has 0 aromatic heterocycles. The first-order chi connectivity index (χ1) is 11.1. The van der Waals surface area contributed by atoms with Crippen molar-refractivity contribution in [1.29, 1.82) is 0 Å². The number of rotatable bonds is 3. The van der Waals surface area contributed by atoms with Gasteiger partial charge in [0.05, 0.1) is 0 Å². The Bertz CT molecular complexity index is 520. The molecule has 0 aromatic rings. The maximum absolute atomic E-state index is 12.3. The van der Waals surface area contributed by atoms with E-state index in [0.717, 1.165) is 25.7 Å². The Morgan fingerprint density at radius 1 is 1.22 bits per heavy atom. The van der Waals surface area contributed by atoms with Crippen LogP contribution in [0.25, 0.3) is 0 Å². The Morgan fingerprint density at radius 3 is 2.61 bits per heavy atom. The van der Waals surface area contributed by atoms with E-state index in [1.54, 1.807) is 0 Å². The van der Waals surface area contributed by atoms with Crippen LogP contribution in [0, 0.1) is 0 Å². The molecular formula is C15H22N4O4. The summed E-state index contributed by atoms with van der Waals surface area (Å²) in [6.45, 7) is 1.93. The first-order valence-corrected chi connectivity index (χ1v) is 8.20. The largest absolute Gasteiger partial charge is 0.368 e. The fourth-order valence-corrected chi connectivity index (χ4v) is 3.13. The molecule has 3 aliphatic heterocycles. The van der Waals surface area contributed by atoms with E-state index in [1.807, 2.05) is 4.90 Å². The van der Waals surface area contributed by atoms with Gasteiger partial charge in [0.1, 0.15) is 11.8 Å². The molecule has 3 amide bonds. The number of likely N-dealkylation sites (tertiary alicyclic amines) is 1. The molecule has 126 valence electrons. The molecule has 0 spiro atoms. The second kappa shape index (κ2) is 7.08. The zero-order valence-electron chi connectivity index (χ0n) is 13.0. The van der Waals surface area contributed by atoms with Crippen molar-refractivity contribution in [2.45, 2.75) is 50.7 Å². The van der Waals surface area contributed by atoms with Gasteiger partial charge in [0.15, 0.2) is 0 Å². The number of piperidine rings is 1. The number of hydrogen-bond donors (Lipinski definition) is 2. The van der Waals surface area contributed by atoms with Crippen molar-refractivity contribution in [3.05, 3.63) is 0 Å². The molecule has 0 saturated carbocycles. The van der Waals surface area contributed by atoms with Gasteiger partial charge in [-0.25, -0.2) is 5.43 Å². The Morgan fingerprint density at radius 2 is 2.00 bits per heavy atom. The van der Waals surface area contributed by atoms with Crippen LogP contribution in [0.3, 0.4) is 0 Å². The summed E-state index contributed by atoms with van der Waals surface area (Å²) >= 11 is 0. The minimum absolute atomic E-state index is 0.0383. The lowest BCUT2D eigenvalue weighted by molar-refractivity contribution is -0.142. The van der Waals surface area contributed by atoms with Crippen molar-refractivity contribution in [3.63, 3.8) is 0 Å². The third-order valence-electron chi connectivity index (χ3n) is 4.51. The average molecular weight is 322 g/mol. The Balaban J connectivity index is 1.44. The Kier molecular flexibility index (Phi) is 4.90. The van der Waals surface area contributed by atoms with Crippen molar-refractivity contribution in [1.82, 2.24) is 15.6 Å². The number of hydrazone groups is 1. The van der Waals surface area contributed by atoms with Crippen molar-refractivity contribution in [3.8, 4) is 0 Å². The zero-order chi connectivity index (χ0) is 16.2. The van der Waals surface area contributed by atoms with Gasteiger partial charge in [-0.15, -0.1) is 0 Å². The molecule has 0 radical (unpaired) electrons. The third-order valence-corrected chi connectivity index (χ3v) is 4.51. The third kappa shape index (κ3) is 3.87. The number of nitrogens with one attached hydrogen (secondary N) is 2. The molecule has 1 unspecified atom stereocenters. The summed E-state index contributed by atoms with van der Waals surface area (Å²) in [5, 5.41) is 6.74. The molecule has 3 rings (SSSR count). The lowest BCUT2D eigenvalue weighted by atomic mass is 10.0. The van der Waals surface area contributed by atoms with E-state index >= 15 is 0 Å². The van der Waals surface area contributed by atoms with Gasteiger partial charge < -0.3 is 15.0 Å². The predicted molar refractivity (Wildman–Crippen MR) is 81.5 cm³/mol. The summed E-state index contributed by atoms with van der Waals surface area (Å²) in [6, 6.07) is 0.0383. The van der Waals surface area contributed by atoms with E-state index < -0.39 is 0 Å². The highest BCUT2D eigenvalue weighted by Crippen LogP contribution is 2.18. The molecule has 3 aliphatic rings. The second-order valence-corrected chi connectivity index (χ2v) is 6.17. The molecule has 2 N–H and O–H groups in total. The van der Waals surface area contributed by atoms with E-state index in [9.17, 15) is 14.4 Å². The fourth-order valence-electron chi connectivity index (χ4n) is 3.13. The Hall–Kier alpha value is -1.96. The lowest BCUT2D eigenvalue weighted by Gasteiger charge is -2.33. The smallest absolute Gasteiger partial charge is 0.267 e. The highest BCUT2D eigenvalue weighted by molar-refractivity contribution is 6.39.